The number of nitrogens with zero attached hydrogens (tertiary/aromatic N) is 5. The minimum Gasteiger partial charge on any atom is -0.283 e. The van der Waals surface area contributed by atoms with Gasteiger partial charge in [0, 0.05) is 31.2 Å². The molecule has 0 aliphatic heterocycles. The molecule has 0 aliphatic rings. The first-order valence-corrected chi connectivity index (χ1v) is 8.82. The van der Waals surface area contributed by atoms with Crippen LogP contribution in [0.3, 0.4) is 0 Å². The Labute approximate surface area is 155 Å². The van der Waals surface area contributed by atoms with Crippen molar-refractivity contribution >= 4 is 16.9 Å². The summed E-state index contributed by atoms with van der Waals surface area (Å²) in [6.45, 7) is 6.10. The Morgan fingerprint density at radius 3 is 2.67 bits per heavy atom. The number of aromatic nitrogens is 5. The molecule has 4 aromatic rings. The van der Waals surface area contributed by atoms with Crippen LogP contribution in [0.25, 0.3) is 22.6 Å². The van der Waals surface area contributed by atoms with Gasteiger partial charge in [0.25, 0.3) is 5.56 Å². The van der Waals surface area contributed by atoms with Gasteiger partial charge in [0.1, 0.15) is 0 Å². The average Bonchev–Trinajstić information content (AvgIpc) is 3.14. The highest BCUT2D eigenvalue weighted by Gasteiger charge is 2.20. The van der Waals surface area contributed by atoms with Gasteiger partial charge in [0.15, 0.2) is 11.2 Å². The van der Waals surface area contributed by atoms with Crippen molar-refractivity contribution in [3.05, 3.63) is 74.7 Å². The van der Waals surface area contributed by atoms with Gasteiger partial charge < -0.3 is 0 Å². The fraction of sp³-hybridized carbons (Fsp3) is 0.250. The number of aryl methyl sites for hydroxylation is 3. The smallest absolute Gasteiger partial charge is 0.283 e. The van der Waals surface area contributed by atoms with Crippen LogP contribution >= 0.6 is 0 Å². The Bertz CT molecular complexity index is 1330. The summed E-state index contributed by atoms with van der Waals surface area (Å²) in [5, 5.41) is 0. The van der Waals surface area contributed by atoms with E-state index >= 15 is 0 Å². The molecule has 138 valence electrons. The normalized spacial score (nSPS) is 12.0. The van der Waals surface area contributed by atoms with E-state index in [0.29, 0.717) is 16.9 Å². The van der Waals surface area contributed by atoms with E-state index in [9.17, 15) is 9.59 Å². The molecule has 0 radical (unpaired) electrons. The predicted octanol–water partition coefficient (Wildman–Crippen LogP) is 2.33. The van der Waals surface area contributed by atoms with E-state index in [4.69, 9.17) is 0 Å². The SMILES string of the molecule is CC=CCn1c(=O)c2c(nc3n(-c4cccc(C)c4)c(C)cn23)n(C)c1=O. The zero-order valence-corrected chi connectivity index (χ0v) is 15.8. The van der Waals surface area contributed by atoms with E-state index in [1.54, 1.807) is 17.5 Å². The third kappa shape index (κ3) is 2.46. The van der Waals surface area contributed by atoms with Crippen LogP contribution in [0, 0.1) is 13.8 Å². The average molecular weight is 363 g/mol. The van der Waals surface area contributed by atoms with E-state index in [0.717, 1.165) is 16.9 Å². The van der Waals surface area contributed by atoms with Crippen molar-refractivity contribution in [2.45, 2.75) is 27.3 Å². The Balaban J connectivity index is 2.12. The molecule has 7 heteroatoms. The molecule has 0 saturated carbocycles. The standard InChI is InChI=1S/C20H21N5O2/c1-5-6-10-23-18(26)16-17(22(4)20(23)27)21-19-24(16)12-14(3)25(19)15-9-7-8-13(2)11-15/h5-9,11-12H,10H2,1-4H3. The van der Waals surface area contributed by atoms with Crippen molar-refractivity contribution < 1.29 is 0 Å². The van der Waals surface area contributed by atoms with Gasteiger partial charge in [-0.15, -0.1) is 0 Å². The number of imidazole rings is 2. The minimum atomic E-state index is -0.370. The number of hydrogen-bond acceptors (Lipinski definition) is 3. The van der Waals surface area contributed by atoms with Crippen molar-refractivity contribution in [2.24, 2.45) is 7.05 Å². The van der Waals surface area contributed by atoms with Crippen LogP contribution in [0.1, 0.15) is 18.2 Å². The Morgan fingerprint density at radius 2 is 1.96 bits per heavy atom. The number of allylic oxidation sites excluding steroid dienone is 2. The summed E-state index contributed by atoms with van der Waals surface area (Å²) in [6.07, 6.45) is 5.50. The van der Waals surface area contributed by atoms with E-state index < -0.39 is 0 Å². The van der Waals surface area contributed by atoms with Crippen molar-refractivity contribution in [1.82, 2.24) is 23.1 Å². The highest BCUT2D eigenvalue weighted by Crippen LogP contribution is 2.21. The molecule has 0 saturated heterocycles. The lowest BCUT2D eigenvalue weighted by Crippen LogP contribution is -2.39. The number of fused-ring (bicyclic) bond motifs is 3. The third-order valence-electron chi connectivity index (χ3n) is 4.81. The maximum absolute atomic E-state index is 13.0. The van der Waals surface area contributed by atoms with Crippen LogP contribution in [0.5, 0.6) is 0 Å². The van der Waals surface area contributed by atoms with Gasteiger partial charge in [-0.25, -0.2) is 4.79 Å². The molecule has 0 unspecified atom stereocenters. The van der Waals surface area contributed by atoms with Crippen molar-refractivity contribution in [2.75, 3.05) is 0 Å². The van der Waals surface area contributed by atoms with Crippen LogP contribution in [0.15, 0.2) is 52.2 Å². The highest BCUT2D eigenvalue weighted by atomic mass is 16.2. The molecule has 4 rings (SSSR count). The van der Waals surface area contributed by atoms with Crippen molar-refractivity contribution in [1.29, 1.82) is 0 Å². The van der Waals surface area contributed by atoms with Crippen molar-refractivity contribution in [3.63, 3.8) is 0 Å². The molecular weight excluding hydrogens is 342 g/mol. The second-order valence-corrected chi connectivity index (χ2v) is 6.73. The first-order valence-electron chi connectivity index (χ1n) is 8.82. The number of benzene rings is 1. The van der Waals surface area contributed by atoms with E-state index in [2.05, 4.69) is 11.1 Å². The van der Waals surface area contributed by atoms with Gasteiger partial charge in [0.05, 0.1) is 0 Å². The maximum atomic E-state index is 13.0. The van der Waals surface area contributed by atoms with E-state index in [-0.39, 0.29) is 17.8 Å². The summed E-state index contributed by atoms with van der Waals surface area (Å²) in [5.74, 6) is 0.615. The first kappa shape index (κ1) is 17.1. The third-order valence-corrected chi connectivity index (χ3v) is 4.81. The summed E-state index contributed by atoms with van der Waals surface area (Å²) < 4.78 is 6.44. The molecule has 0 atom stereocenters. The molecular formula is C20H21N5O2. The number of rotatable bonds is 3. The lowest BCUT2D eigenvalue weighted by molar-refractivity contribution is 0.666. The Kier molecular flexibility index (Phi) is 3.87. The molecule has 27 heavy (non-hydrogen) atoms. The highest BCUT2D eigenvalue weighted by molar-refractivity contribution is 5.76. The summed E-state index contributed by atoms with van der Waals surface area (Å²) in [6, 6.07) is 8.09. The maximum Gasteiger partial charge on any atom is 0.332 e. The summed E-state index contributed by atoms with van der Waals surface area (Å²) >= 11 is 0. The molecule has 7 nitrogen and oxygen atoms in total. The monoisotopic (exact) mass is 363 g/mol. The van der Waals surface area contributed by atoms with Gasteiger partial charge in [-0.05, 0) is 38.5 Å². The quantitative estimate of drug-likeness (QED) is 0.525. The largest absolute Gasteiger partial charge is 0.332 e. The second kappa shape index (κ2) is 6.12. The lowest BCUT2D eigenvalue weighted by atomic mass is 10.2. The Hall–Kier alpha value is -3.35. The van der Waals surface area contributed by atoms with Crippen LogP contribution < -0.4 is 11.2 Å². The van der Waals surface area contributed by atoms with Crippen LogP contribution in [0.2, 0.25) is 0 Å². The first-order chi connectivity index (χ1) is 12.9. The molecule has 0 spiro atoms. The molecule has 0 bridgehead atoms. The van der Waals surface area contributed by atoms with Gasteiger partial charge in [0.2, 0.25) is 5.78 Å². The molecule has 0 fully saturated rings. The van der Waals surface area contributed by atoms with Crippen LogP contribution in [0.4, 0.5) is 0 Å². The molecule has 0 N–H and O–H groups in total. The fourth-order valence-electron chi connectivity index (χ4n) is 3.47. The topological polar surface area (TPSA) is 66.2 Å². The van der Waals surface area contributed by atoms with Gasteiger partial charge in [-0.1, -0.05) is 24.3 Å². The van der Waals surface area contributed by atoms with Gasteiger partial charge in [-0.3, -0.25) is 22.9 Å². The van der Waals surface area contributed by atoms with E-state index in [1.165, 1.54) is 9.13 Å². The molecule has 3 aromatic heterocycles. The summed E-state index contributed by atoms with van der Waals surface area (Å²) in [4.78, 5) is 30.3. The van der Waals surface area contributed by atoms with E-state index in [1.807, 2.05) is 55.8 Å². The van der Waals surface area contributed by atoms with Gasteiger partial charge >= 0.3 is 5.69 Å². The second-order valence-electron chi connectivity index (χ2n) is 6.73. The molecule has 1 aromatic carbocycles. The Morgan fingerprint density at radius 1 is 1.19 bits per heavy atom. The number of hydrogen-bond donors (Lipinski definition) is 0. The van der Waals surface area contributed by atoms with Crippen LogP contribution in [-0.2, 0) is 13.6 Å². The zero-order chi connectivity index (χ0) is 19.3. The molecule has 3 heterocycles. The zero-order valence-electron chi connectivity index (χ0n) is 15.8. The van der Waals surface area contributed by atoms with Gasteiger partial charge in [-0.2, -0.15) is 4.98 Å². The summed E-state index contributed by atoms with van der Waals surface area (Å²) in [5.41, 5.74) is 3.15. The molecule has 0 aliphatic carbocycles. The summed E-state index contributed by atoms with van der Waals surface area (Å²) in [7, 11) is 1.65. The lowest BCUT2D eigenvalue weighted by Gasteiger charge is -2.06. The fourth-order valence-corrected chi connectivity index (χ4v) is 3.47. The predicted molar refractivity (Wildman–Crippen MR) is 106 cm³/mol. The minimum absolute atomic E-state index is 0.239. The molecule has 0 amide bonds. The van der Waals surface area contributed by atoms with Crippen molar-refractivity contribution in [3.8, 4) is 5.69 Å². The van der Waals surface area contributed by atoms with Crippen LogP contribution in [-0.4, -0.2) is 23.1 Å².